The van der Waals surface area contributed by atoms with Gasteiger partial charge in [-0.1, -0.05) is 12.1 Å². The van der Waals surface area contributed by atoms with Crippen LogP contribution in [-0.4, -0.2) is 43.0 Å². The number of benzene rings is 1. The van der Waals surface area contributed by atoms with Crippen molar-refractivity contribution in [2.45, 2.75) is 25.3 Å². The molecule has 1 saturated carbocycles. The number of hydrogen-bond donors (Lipinski definition) is 3. The average Bonchev–Trinajstić information content (AvgIpc) is 3.51. The highest BCUT2D eigenvalue weighted by atomic mass is 16.5. The second kappa shape index (κ2) is 8.08. The van der Waals surface area contributed by atoms with Crippen molar-refractivity contribution in [2.75, 3.05) is 14.2 Å². The third-order valence-electron chi connectivity index (χ3n) is 4.57. The van der Waals surface area contributed by atoms with E-state index in [1.807, 2.05) is 0 Å². The minimum absolute atomic E-state index is 0.0945. The number of H-pyrrole nitrogens is 1. The molecule has 0 atom stereocenters. The maximum absolute atomic E-state index is 12.6. The predicted molar refractivity (Wildman–Crippen MR) is 102 cm³/mol. The highest BCUT2D eigenvalue weighted by Crippen LogP contribution is 2.22. The van der Waals surface area contributed by atoms with Gasteiger partial charge in [0, 0.05) is 19.3 Å². The van der Waals surface area contributed by atoms with Gasteiger partial charge >= 0.3 is 5.97 Å². The normalized spacial score (nSPS) is 12.9. The summed E-state index contributed by atoms with van der Waals surface area (Å²) in [5, 5.41) is 5.33. The number of pyridine rings is 1. The molecule has 1 fully saturated rings. The lowest BCUT2D eigenvalue weighted by Crippen LogP contribution is -2.33. The number of rotatable bonds is 6. The molecule has 2 aromatic rings. The van der Waals surface area contributed by atoms with Crippen LogP contribution in [-0.2, 0) is 11.2 Å². The van der Waals surface area contributed by atoms with Crippen molar-refractivity contribution >= 4 is 17.8 Å². The van der Waals surface area contributed by atoms with Crippen LogP contribution in [0.5, 0.6) is 0 Å². The maximum atomic E-state index is 12.6. The van der Waals surface area contributed by atoms with Gasteiger partial charge in [0.2, 0.25) is 0 Å². The molecule has 3 N–H and O–H groups in total. The Balaban J connectivity index is 2.01. The molecule has 0 radical (unpaired) electrons. The predicted octanol–water partition coefficient (Wildman–Crippen LogP) is 1.00. The van der Waals surface area contributed by atoms with Gasteiger partial charge in [0.05, 0.1) is 18.2 Å². The quantitative estimate of drug-likeness (QED) is 0.644. The molecule has 2 amide bonds. The van der Waals surface area contributed by atoms with E-state index in [-0.39, 0.29) is 29.5 Å². The summed E-state index contributed by atoms with van der Waals surface area (Å²) < 4.78 is 4.68. The molecule has 146 valence electrons. The van der Waals surface area contributed by atoms with E-state index in [4.69, 9.17) is 0 Å². The fourth-order valence-corrected chi connectivity index (χ4v) is 2.89. The topological polar surface area (TPSA) is 117 Å². The van der Waals surface area contributed by atoms with Crippen LogP contribution in [0.1, 0.15) is 55.0 Å². The Morgan fingerprint density at radius 2 is 1.82 bits per heavy atom. The molecule has 0 bridgehead atoms. The summed E-state index contributed by atoms with van der Waals surface area (Å²) in [4.78, 5) is 51.3. The molecule has 1 aromatic heterocycles. The number of amides is 2. The highest BCUT2D eigenvalue weighted by molar-refractivity contribution is 6.02. The minimum atomic E-state index is -0.566. The summed E-state index contributed by atoms with van der Waals surface area (Å²) in [5.74, 6) is -1.35. The Labute approximate surface area is 161 Å². The van der Waals surface area contributed by atoms with Crippen LogP contribution in [0.25, 0.3) is 0 Å². The number of esters is 1. The van der Waals surface area contributed by atoms with Gasteiger partial charge in [-0.25, -0.2) is 4.79 Å². The van der Waals surface area contributed by atoms with Crippen molar-refractivity contribution in [2.24, 2.45) is 0 Å². The molecule has 1 aromatic carbocycles. The second-order valence-corrected chi connectivity index (χ2v) is 6.58. The van der Waals surface area contributed by atoms with Gasteiger partial charge in [-0.2, -0.15) is 0 Å². The van der Waals surface area contributed by atoms with Gasteiger partial charge in [-0.3, -0.25) is 14.4 Å². The molecule has 3 rings (SSSR count). The zero-order chi connectivity index (χ0) is 20.3. The van der Waals surface area contributed by atoms with E-state index in [1.54, 1.807) is 24.3 Å². The molecule has 1 aliphatic carbocycles. The Hall–Kier alpha value is -3.42. The molecule has 0 unspecified atom stereocenters. The van der Waals surface area contributed by atoms with E-state index < -0.39 is 17.4 Å². The summed E-state index contributed by atoms with van der Waals surface area (Å²) in [7, 11) is 2.72. The summed E-state index contributed by atoms with van der Waals surface area (Å²) in [6.45, 7) is 0. The summed E-state index contributed by atoms with van der Waals surface area (Å²) >= 11 is 0. The van der Waals surface area contributed by atoms with E-state index in [9.17, 15) is 19.2 Å². The maximum Gasteiger partial charge on any atom is 0.337 e. The monoisotopic (exact) mass is 383 g/mol. The number of aromatic amines is 1. The minimum Gasteiger partial charge on any atom is -0.465 e. The van der Waals surface area contributed by atoms with Crippen LogP contribution in [0.4, 0.5) is 0 Å². The molecule has 0 saturated heterocycles. The van der Waals surface area contributed by atoms with E-state index in [1.165, 1.54) is 20.4 Å². The number of hydrogen-bond acceptors (Lipinski definition) is 5. The number of carbonyl (C=O) groups is 3. The van der Waals surface area contributed by atoms with E-state index in [2.05, 4.69) is 20.4 Å². The van der Waals surface area contributed by atoms with Gasteiger partial charge in [0.15, 0.2) is 0 Å². The Morgan fingerprint density at radius 3 is 2.39 bits per heavy atom. The fourth-order valence-electron chi connectivity index (χ4n) is 2.89. The number of nitrogens with one attached hydrogen (secondary N) is 3. The summed E-state index contributed by atoms with van der Waals surface area (Å²) in [6, 6.07) is 6.72. The van der Waals surface area contributed by atoms with Gasteiger partial charge in [-0.15, -0.1) is 0 Å². The smallest absolute Gasteiger partial charge is 0.337 e. The first-order valence-electron chi connectivity index (χ1n) is 8.89. The third-order valence-corrected chi connectivity index (χ3v) is 4.57. The Kier molecular flexibility index (Phi) is 5.58. The van der Waals surface area contributed by atoms with Crippen LogP contribution in [0.15, 0.2) is 35.3 Å². The number of ether oxygens (including phenoxy) is 1. The van der Waals surface area contributed by atoms with Crippen molar-refractivity contribution in [1.29, 1.82) is 0 Å². The van der Waals surface area contributed by atoms with E-state index >= 15 is 0 Å². The SMILES string of the molecule is CNC(=O)c1c(Cc2ccc(C(=O)OC)cc2)c(C(=O)NC2CC2)c[nH]c1=O. The Bertz CT molecular complexity index is 974. The zero-order valence-corrected chi connectivity index (χ0v) is 15.6. The molecule has 1 heterocycles. The lowest BCUT2D eigenvalue weighted by atomic mass is 9.95. The van der Waals surface area contributed by atoms with Crippen molar-refractivity contribution in [1.82, 2.24) is 15.6 Å². The van der Waals surface area contributed by atoms with E-state index in [0.717, 1.165) is 18.4 Å². The summed E-state index contributed by atoms with van der Waals surface area (Å²) in [5.41, 5.74) is 1.06. The van der Waals surface area contributed by atoms with Gasteiger partial charge in [-0.05, 0) is 42.5 Å². The number of carbonyl (C=O) groups excluding carboxylic acids is 3. The van der Waals surface area contributed by atoms with Crippen molar-refractivity contribution in [3.63, 3.8) is 0 Å². The van der Waals surface area contributed by atoms with Crippen molar-refractivity contribution in [3.8, 4) is 0 Å². The van der Waals surface area contributed by atoms with Gasteiger partial charge < -0.3 is 20.4 Å². The Morgan fingerprint density at radius 1 is 1.14 bits per heavy atom. The fraction of sp³-hybridized carbons (Fsp3) is 0.300. The molecule has 28 heavy (non-hydrogen) atoms. The second-order valence-electron chi connectivity index (χ2n) is 6.58. The standard InChI is InChI=1S/C20H21N3O5/c1-21-18(25)16-14(9-11-3-5-12(6-4-11)20(27)28-2)15(10-22-19(16)26)17(24)23-13-7-8-13/h3-6,10,13H,7-9H2,1-2H3,(H,21,25)(H,22,26)(H,23,24). The number of methoxy groups -OCH3 is 1. The summed E-state index contributed by atoms with van der Waals surface area (Å²) in [6.07, 6.45) is 3.36. The van der Waals surface area contributed by atoms with Crippen LogP contribution in [0.3, 0.4) is 0 Å². The first-order chi connectivity index (χ1) is 13.4. The molecular weight excluding hydrogens is 362 g/mol. The highest BCUT2D eigenvalue weighted by Gasteiger charge is 2.27. The first-order valence-corrected chi connectivity index (χ1v) is 8.89. The average molecular weight is 383 g/mol. The molecule has 8 nitrogen and oxygen atoms in total. The molecule has 1 aliphatic rings. The molecule has 8 heteroatoms. The lowest BCUT2D eigenvalue weighted by molar-refractivity contribution is 0.0600. The number of aromatic nitrogens is 1. The van der Waals surface area contributed by atoms with Crippen LogP contribution in [0.2, 0.25) is 0 Å². The largest absolute Gasteiger partial charge is 0.465 e. The van der Waals surface area contributed by atoms with Crippen molar-refractivity contribution < 1.29 is 19.1 Å². The first kappa shape index (κ1) is 19.3. The molecule has 0 spiro atoms. The van der Waals surface area contributed by atoms with Crippen LogP contribution >= 0.6 is 0 Å². The van der Waals surface area contributed by atoms with Crippen LogP contribution < -0.4 is 16.2 Å². The third kappa shape index (κ3) is 4.11. The molecular formula is C20H21N3O5. The van der Waals surface area contributed by atoms with Crippen LogP contribution in [0, 0.1) is 0 Å². The van der Waals surface area contributed by atoms with Gasteiger partial charge in [0.1, 0.15) is 5.56 Å². The zero-order valence-electron chi connectivity index (χ0n) is 15.6. The van der Waals surface area contributed by atoms with E-state index in [0.29, 0.717) is 11.1 Å². The van der Waals surface area contributed by atoms with Crippen molar-refractivity contribution in [3.05, 3.63) is 68.6 Å². The van der Waals surface area contributed by atoms with Gasteiger partial charge in [0.25, 0.3) is 17.4 Å². The molecule has 0 aliphatic heterocycles. The lowest BCUT2D eigenvalue weighted by Gasteiger charge is -2.14.